The summed E-state index contributed by atoms with van der Waals surface area (Å²) in [6, 6.07) is 6.57. The molecule has 1 N–H and O–H groups in total. The predicted molar refractivity (Wildman–Crippen MR) is 77.7 cm³/mol. The molecule has 1 atom stereocenters. The molecule has 122 valence electrons. The van der Waals surface area contributed by atoms with Crippen molar-refractivity contribution in [3.63, 3.8) is 0 Å². The lowest BCUT2D eigenvalue weighted by atomic mass is 10.1. The first-order chi connectivity index (χ1) is 10.9. The van der Waals surface area contributed by atoms with Gasteiger partial charge in [-0.3, -0.25) is 0 Å². The maximum absolute atomic E-state index is 13.7. The number of nitrogens with one attached hydrogen (secondary N) is 1. The molecule has 0 spiro atoms. The smallest absolute Gasteiger partial charge is 0.244 e. The quantitative estimate of drug-likeness (QED) is 0.929. The number of halogens is 2. The van der Waals surface area contributed by atoms with Crippen LogP contribution in [0.25, 0.3) is 0 Å². The summed E-state index contributed by atoms with van der Waals surface area (Å²) in [5, 5.41) is 0. The van der Waals surface area contributed by atoms with E-state index in [0.29, 0.717) is 23.1 Å². The van der Waals surface area contributed by atoms with Gasteiger partial charge in [-0.15, -0.1) is 0 Å². The van der Waals surface area contributed by atoms with Gasteiger partial charge in [0, 0.05) is 6.04 Å². The molecule has 0 aromatic heterocycles. The van der Waals surface area contributed by atoms with Crippen LogP contribution >= 0.6 is 0 Å². The van der Waals surface area contributed by atoms with Crippen molar-refractivity contribution in [3.8, 4) is 11.5 Å². The highest BCUT2D eigenvalue weighted by atomic mass is 32.2. The number of ether oxygens (including phenoxy) is 2. The molecule has 0 amide bonds. The zero-order valence-electron chi connectivity index (χ0n) is 12.0. The normalized spacial score (nSPS) is 14.7. The Kier molecular flexibility index (Phi) is 3.95. The lowest BCUT2D eigenvalue weighted by Crippen LogP contribution is -2.27. The van der Waals surface area contributed by atoms with Gasteiger partial charge in [-0.1, -0.05) is 6.07 Å². The zero-order valence-corrected chi connectivity index (χ0v) is 12.9. The van der Waals surface area contributed by atoms with E-state index >= 15 is 0 Å². The molecule has 0 saturated heterocycles. The van der Waals surface area contributed by atoms with Gasteiger partial charge in [0.15, 0.2) is 11.5 Å². The molecule has 1 unspecified atom stereocenters. The van der Waals surface area contributed by atoms with E-state index in [1.54, 1.807) is 25.1 Å². The molecule has 0 aliphatic carbocycles. The molecule has 8 heteroatoms. The molecule has 2 aromatic rings. The molecule has 5 nitrogen and oxygen atoms in total. The summed E-state index contributed by atoms with van der Waals surface area (Å²) in [4.78, 5) is -0.731. The van der Waals surface area contributed by atoms with Crippen molar-refractivity contribution >= 4 is 10.0 Å². The van der Waals surface area contributed by atoms with Crippen LogP contribution in [0.1, 0.15) is 18.5 Å². The summed E-state index contributed by atoms with van der Waals surface area (Å²) in [6.45, 7) is 1.69. The van der Waals surface area contributed by atoms with Gasteiger partial charge < -0.3 is 9.47 Å². The van der Waals surface area contributed by atoms with Gasteiger partial charge in [0.1, 0.15) is 16.5 Å². The Labute approximate surface area is 131 Å². The Morgan fingerprint density at radius 2 is 1.83 bits per heavy atom. The molecular formula is C15H13F2NO4S. The second-order valence-corrected chi connectivity index (χ2v) is 6.71. The van der Waals surface area contributed by atoms with Gasteiger partial charge in [0.2, 0.25) is 16.8 Å². The summed E-state index contributed by atoms with van der Waals surface area (Å²) in [7, 11) is -4.21. The monoisotopic (exact) mass is 341 g/mol. The van der Waals surface area contributed by atoms with Gasteiger partial charge >= 0.3 is 0 Å². The molecule has 1 heterocycles. The minimum Gasteiger partial charge on any atom is -0.454 e. The Morgan fingerprint density at radius 1 is 1.09 bits per heavy atom. The molecule has 0 bridgehead atoms. The van der Waals surface area contributed by atoms with Gasteiger partial charge in [-0.2, -0.15) is 0 Å². The Bertz CT molecular complexity index is 855. The number of hydrogen-bond donors (Lipinski definition) is 1. The number of rotatable bonds is 4. The van der Waals surface area contributed by atoms with Crippen LogP contribution in [0.4, 0.5) is 8.78 Å². The highest BCUT2D eigenvalue weighted by Crippen LogP contribution is 2.34. The van der Waals surface area contributed by atoms with E-state index in [-0.39, 0.29) is 6.79 Å². The SMILES string of the molecule is CC(NS(=O)(=O)c1cc(F)ccc1F)c1ccc2c(c1)OCO2. The Hall–Kier alpha value is -2.19. The first-order valence-corrected chi connectivity index (χ1v) is 8.22. The second kappa shape index (κ2) is 5.78. The van der Waals surface area contributed by atoms with Crippen molar-refractivity contribution in [2.45, 2.75) is 17.9 Å². The highest BCUT2D eigenvalue weighted by molar-refractivity contribution is 7.89. The van der Waals surface area contributed by atoms with E-state index in [9.17, 15) is 17.2 Å². The van der Waals surface area contributed by atoms with Gasteiger partial charge in [0.05, 0.1) is 0 Å². The van der Waals surface area contributed by atoms with E-state index in [4.69, 9.17) is 9.47 Å². The fourth-order valence-electron chi connectivity index (χ4n) is 2.23. The third kappa shape index (κ3) is 3.13. The van der Waals surface area contributed by atoms with E-state index in [0.717, 1.165) is 12.1 Å². The number of fused-ring (bicyclic) bond motifs is 1. The van der Waals surface area contributed by atoms with Gasteiger partial charge in [-0.25, -0.2) is 21.9 Å². The average molecular weight is 341 g/mol. The van der Waals surface area contributed by atoms with Crippen LogP contribution in [0.5, 0.6) is 11.5 Å². The molecule has 1 aliphatic rings. The minimum absolute atomic E-state index is 0.105. The summed E-state index contributed by atoms with van der Waals surface area (Å²) >= 11 is 0. The topological polar surface area (TPSA) is 64.6 Å². The lowest BCUT2D eigenvalue weighted by molar-refractivity contribution is 0.174. The minimum atomic E-state index is -4.21. The van der Waals surface area contributed by atoms with Crippen molar-refractivity contribution in [1.82, 2.24) is 4.72 Å². The van der Waals surface area contributed by atoms with Gasteiger partial charge in [0.25, 0.3) is 0 Å². The Morgan fingerprint density at radius 3 is 2.61 bits per heavy atom. The third-order valence-corrected chi connectivity index (χ3v) is 4.97. The van der Waals surface area contributed by atoms with Crippen LogP contribution in [-0.4, -0.2) is 15.2 Å². The van der Waals surface area contributed by atoms with Crippen molar-refractivity contribution in [3.05, 3.63) is 53.6 Å². The molecule has 0 radical (unpaired) electrons. The first kappa shape index (κ1) is 15.7. The van der Waals surface area contributed by atoms with Crippen molar-refractivity contribution in [1.29, 1.82) is 0 Å². The third-order valence-electron chi connectivity index (χ3n) is 3.41. The average Bonchev–Trinajstić information content (AvgIpc) is 2.96. The molecule has 1 aliphatic heterocycles. The predicted octanol–water partition coefficient (Wildman–Crippen LogP) is 2.73. The maximum Gasteiger partial charge on any atom is 0.244 e. The summed E-state index contributed by atoms with van der Waals surface area (Å²) in [6.07, 6.45) is 0. The van der Waals surface area contributed by atoms with E-state index in [1.807, 2.05) is 0 Å². The van der Waals surface area contributed by atoms with Crippen molar-refractivity contribution < 1.29 is 26.7 Å². The number of hydrogen-bond acceptors (Lipinski definition) is 4. The number of sulfonamides is 1. The molecule has 2 aromatic carbocycles. The summed E-state index contributed by atoms with van der Waals surface area (Å²) in [5.41, 5.74) is 0.606. The van der Waals surface area contributed by atoms with Crippen LogP contribution in [0.3, 0.4) is 0 Å². The van der Waals surface area contributed by atoms with E-state index < -0.39 is 32.6 Å². The second-order valence-electron chi connectivity index (χ2n) is 5.03. The van der Waals surface area contributed by atoms with Gasteiger partial charge in [-0.05, 0) is 42.8 Å². The van der Waals surface area contributed by atoms with Crippen LogP contribution < -0.4 is 14.2 Å². The standard InChI is InChI=1S/C15H13F2NO4S/c1-9(10-2-5-13-14(6-10)22-8-21-13)18-23(19,20)15-7-11(16)3-4-12(15)17/h2-7,9,18H,8H2,1H3. The van der Waals surface area contributed by atoms with Crippen LogP contribution in [-0.2, 0) is 10.0 Å². The number of benzene rings is 2. The fraction of sp³-hybridized carbons (Fsp3) is 0.200. The van der Waals surface area contributed by atoms with Crippen molar-refractivity contribution in [2.24, 2.45) is 0 Å². The summed E-state index contributed by atoms with van der Waals surface area (Å²) < 4.78 is 64.1. The van der Waals surface area contributed by atoms with Crippen LogP contribution in [0.2, 0.25) is 0 Å². The maximum atomic E-state index is 13.7. The first-order valence-electron chi connectivity index (χ1n) is 6.74. The van der Waals surface area contributed by atoms with Crippen LogP contribution in [0.15, 0.2) is 41.3 Å². The lowest BCUT2D eigenvalue weighted by Gasteiger charge is -2.15. The highest BCUT2D eigenvalue weighted by Gasteiger charge is 2.24. The Balaban J connectivity index is 1.86. The van der Waals surface area contributed by atoms with Crippen LogP contribution in [0, 0.1) is 11.6 Å². The fourth-order valence-corrected chi connectivity index (χ4v) is 3.55. The summed E-state index contributed by atoms with van der Waals surface area (Å²) in [5.74, 6) is -0.773. The molecule has 23 heavy (non-hydrogen) atoms. The molecule has 0 saturated carbocycles. The largest absolute Gasteiger partial charge is 0.454 e. The molecule has 0 fully saturated rings. The zero-order chi connectivity index (χ0) is 16.6. The van der Waals surface area contributed by atoms with E-state index in [1.165, 1.54) is 0 Å². The molecular weight excluding hydrogens is 328 g/mol. The van der Waals surface area contributed by atoms with E-state index in [2.05, 4.69) is 4.72 Å². The van der Waals surface area contributed by atoms with Crippen molar-refractivity contribution in [2.75, 3.05) is 6.79 Å². The molecule has 3 rings (SSSR count).